The molecule has 1 saturated heterocycles. The van der Waals surface area contributed by atoms with Gasteiger partial charge in [-0.15, -0.1) is 0 Å². The summed E-state index contributed by atoms with van der Waals surface area (Å²) >= 11 is 0. The minimum atomic E-state index is -0.527. The summed E-state index contributed by atoms with van der Waals surface area (Å²) in [5, 5.41) is 13.2. The normalized spacial score (nSPS) is 16.5. The van der Waals surface area contributed by atoms with Crippen molar-refractivity contribution in [3.63, 3.8) is 0 Å². The van der Waals surface area contributed by atoms with E-state index in [0.29, 0.717) is 25.3 Å². The Morgan fingerprint density at radius 2 is 2.00 bits per heavy atom. The van der Waals surface area contributed by atoms with E-state index in [9.17, 15) is 14.7 Å². The number of primary amides is 1. The number of aromatic nitrogens is 1. The van der Waals surface area contributed by atoms with Gasteiger partial charge in [0.1, 0.15) is 6.54 Å². The summed E-state index contributed by atoms with van der Waals surface area (Å²) in [6.07, 6.45) is 1.60. The monoisotopic (exact) mass is 360 g/mol. The van der Waals surface area contributed by atoms with Gasteiger partial charge in [-0.05, 0) is 6.07 Å². The van der Waals surface area contributed by atoms with Crippen LogP contribution in [0.4, 0.5) is 0 Å². The molecule has 1 unspecified atom stereocenters. The molecule has 1 atom stereocenters. The standard InChI is InChI=1S/C18H24N4O4/c19-18(25)15-10-22(16-4-2-1-3-14(15)16)11-17(24)20-13(12-23)9-21-5-7-26-8-6-21/h1-4,10,13,23H,5-9,11-12H2,(H2,19,25)(H,20,24). The largest absolute Gasteiger partial charge is 0.394 e. The van der Waals surface area contributed by atoms with Crippen LogP contribution in [0.5, 0.6) is 0 Å². The first-order valence-electron chi connectivity index (χ1n) is 8.66. The summed E-state index contributed by atoms with van der Waals surface area (Å²) in [5.41, 5.74) is 6.59. The lowest BCUT2D eigenvalue weighted by atomic mass is 10.2. The van der Waals surface area contributed by atoms with Gasteiger partial charge in [-0.3, -0.25) is 14.5 Å². The van der Waals surface area contributed by atoms with Crippen molar-refractivity contribution in [3.05, 3.63) is 36.0 Å². The fraction of sp³-hybridized carbons (Fsp3) is 0.444. The van der Waals surface area contributed by atoms with Crippen LogP contribution in [0.25, 0.3) is 10.9 Å². The highest BCUT2D eigenvalue weighted by Crippen LogP contribution is 2.20. The number of nitrogens with two attached hydrogens (primary N) is 1. The molecule has 1 aromatic carbocycles. The fourth-order valence-corrected chi connectivity index (χ4v) is 3.25. The van der Waals surface area contributed by atoms with Crippen LogP contribution in [0.3, 0.4) is 0 Å². The number of para-hydroxylation sites is 1. The number of fused-ring (bicyclic) bond motifs is 1. The molecule has 8 heteroatoms. The maximum absolute atomic E-state index is 12.4. The maximum atomic E-state index is 12.4. The van der Waals surface area contributed by atoms with Gasteiger partial charge in [-0.2, -0.15) is 0 Å². The molecule has 0 saturated carbocycles. The van der Waals surface area contributed by atoms with Crippen LogP contribution in [-0.4, -0.2) is 71.9 Å². The first kappa shape index (κ1) is 18.4. The molecule has 1 aliphatic heterocycles. The summed E-state index contributed by atoms with van der Waals surface area (Å²) in [6, 6.07) is 6.96. The molecule has 0 radical (unpaired) electrons. The number of aliphatic hydroxyl groups excluding tert-OH is 1. The van der Waals surface area contributed by atoms with E-state index in [4.69, 9.17) is 10.5 Å². The number of nitrogens with zero attached hydrogens (tertiary/aromatic N) is 2. The van der Waals surface area contributed by atoms with Crippen LogP contribution in [-0.2, 0) is 16.1 Å². The Kier molecular flexibility index (Phi) is 5.87. The molecular formula is C18H24N4O4. The average Bonchev–Trinajstić information content (AvgIpc) is 3.01. The molecule has 0 aliphatic carbocycles. The van der Waals surface area contributed by atoms with E-state index >= 15 is 0 Å². The molecule has 0 spiro atoms. The van der Waals surface area contributed by atoms with Crippen molar-refractivity contribution in [1.29, 1.82) is 0 Å². The molecule has 26 heavy (non-hydrogen) atoms. The summed E-state index contributed by atoms with van der Waals surface area (Å²) in [5.74, 6) is -0.755. The van der Waals surface area contributed by atoms with Gasteiger partial charge in [-0.1, -0.05) is 18.2 Å². The second-order valence-corrected chi connectivity index (χ2v) is 6.41. The topological polar surface area (TPSA) is 110 Å². The van der Waals surface area contributed by atoms with Crippen molar-refractivity contribution < 1.29 is 19.4 Å². The highest BCUT2D eigenvalue weighted by Gasteiger charge is 2.19. The van der Waals surface area contributed by atoms with Crippen molar-refractivity contribution in [2.45, 2.75) is 12.6 Å². The van der Waals surface area contributed by atoms with E-state index in [0.717, 1.165) is 24.0 Å². The SMILES string of the molecule is NC(=O)c1cn(CC(=O)NC(CO)CN2CCOCC2)c2ccccc12. The number of morpholine rings is 1. The second-order valence-electron chi connectivity index (χ2n) is 6.41. The predicted octanol–water partition coefficient (Wildman–Crippen LogP) is -0.450. The van der Waals surface area contributed by atoms with Gasteiger partial charge in [0.25, 0.3) is 5.91 Å². The van der Waals surface area contributed by atoms with Crippen LogP contribution in [0.1, 0.15) is 10.4 Å². The third-order valence-electron chi connectivity index (χ3n) is 4.54. The molecular weight excluding hydrogens is 336 g/mol. The molecule has 1 aliphatic rings. The highest BCUT2D eigenvalue weighted by atomic mass is 16.5. The molecule has 3 rings (SSSR count). The number of benzene rings is 1. The summed E-state index contributed by atoms with van der Waals surface area (Å²) < 4.78 is 7.01. The zero-order chi connectivity index (χ0) is 18.5. The second kappa shape index (κ2) is 8.31. The van der Waals surface area contributed by atoms with Crippen molar-refractivity contribution >= 4 is 22.7 Å². The smallest absolute Gasteiger partial charge is 0.250 e. The third-order valence-corrected chi connectivity index (χ3v) is 4.54. The predicted molar refractivity (Wildman–Crippen MR) is 96.7 cm³/mol. The fourth-order valence-electron chi connectivity index (χ4n) is 3.25. The quantitative estimate of drug-likeness (QED) is 0.620. The number of hydrogen-bond acceptors (Lipinski definition) is 5. The number of hydrogen-bond donors (Lipinski definition) is 3. The zero-order valence-corrected chi connectivity index (χ0v) is 14.6. The van der Waals surface area contributed by atoms with Crippen molar-refractivity contribution in [2.24, 2.45) is 5.73 Å². The summed E-state index contributed by atoms with van der Waals surface area (Å²) in [6.45, 7) is 3.39. The number of ether oxygens (including phenoxy) is 1. The number of carbonyl (C=O) groups excluding carboxylic acids is 2. The Bertz CT molecular complexity index is 783. The molecule has 1 fully saturated rings. The average molecular weight is 360 g/mol. The van der Waals surface area contributed by atoms with Crippen LogP contribution in [0.15, 0.2) is 30.5 Å². The molecule has 2 amide bonds. The number of amides is 2. The molecule has 2 aromatic rings. The molecule has 0 bridgehead atoms. The van der Waals surface area contributed by atoms with E-state index in [1.165, 1.54) is 0 Å². The highest BCUT2D eigenvalue weighted by molar-refractivity contribution is 6.06. The summed E-state index contributed by atoms with van der Waals surface area (Å²) in [4.78, 5) is 26.2. The number of aliphatic hydroxyl groups is 1. The van der Waals surface area contributed by atoms with Gasteiger partial charge in [0, 0.05) is 36.7 Å². The lowest BCUT2D eigenvalue weighted by Crippen LogP contribution is -2.49. The Morgan fingerprint density at radius 3 is 2.69 bits per heavy atom. The molecule has 8 nitrogen and oxygen atoms in total. The van der Waals surface area contributed by atoms with Gasteiger partial charge in [0.2, 0.25) is 5.91 Å². The minimum Gasteiger partial charge on any atom is -0.394 e. The number of carbonyl (C=O) groups is 2. The van der Waals surface area contributed by atoms with Crippen LogP contribution in [0, 0.1) is 0 Å². The van der Waals surface area contributed by atoms with Gasteiger partial charge in [0.15, 0.2) is 0 Å². The Morgan fingerprint density at radius 1 is 1.27 bits per heavy atom. The van der Waals surface area contributed by atoms with Crippen LogP contribution in [0.2, 0.25) is 0 Å². The van der Waals surface area contributed by atoms with Gasteiger partial charge >= 0.3 is 0 Å². The Hall–Kier alpha value is -2.42. The van der Waals surface area contributed by atoms with Gasteiger partial charge in [0.05, 0.1) is 31.4 Å². The van der Waals surface area contributed by atoms with Gasteiger partial charge < -0.3 is 25.5 Å². The van der Waals surface area contributed by atoms with Crippen molar-refractivity contribution in [2.75, 3.05) is 39.5 Å². The molecule has 4 N–H and O–H groups in total. The first-order chi connectivity index (χ1) is 12.6. The van der Waals surface area contributed by atoms with E-state index in [1.807, 2.05) is 18.2 Å². The first-order valence-corrected chi connectivity index (χ1v) is 8.66. The van der Waals surface area contributed by atoms with Gasteiger partial charge in [-0.25, -0.2) is 0 Å². The Balaban J connectivity index is 1.67. The van der Waals surface area contributed by atoms with E-state index in [2.05, 4.69) is 10.2 Å². The number of nitrogens with one attached hydrogen (secondary N) is 1. The van der Waals surface area contributed by atoms with Crippen molar-refractivity contribution in [3.8, 4) is 0 Å². The van der Waals surface area contributed by atoms with E-state index in [-0.39, 0.29) is 25.1 Å². The van der Waals surface area contributed by atoms with E-state index < -0.39 is 5.91 Å². The number of rotatable bonds is 7. The molecule has 140 valence electrons. The van der Waals surface area contributed by atoms with E-state index in [1.54, 1.807) is 16.8 Å². The Labute approximate surface area is 151 Å². The minimum absolute atomic E-state index is 0.0490. The van der Waals surface area contributed by atoms with Crippen LogP contribution >= 0.6 is 0 Å². The lowest BCUT2D eigenvalue weighted by molar-refractivity contribution is -0.122. The van der Waals surface area contributed by atoms with Crippen molar-refractivity contribution in [1.82, 2.24) is 14.8 Å². The summed E-state index contributed by atoms with van der Waals surface area (Å²) in [7, 11) is 0. The third kappa shape index (κ3) is 4.21. The maximum Gasteiger partial charge on any atom is 0.250 e. The molecule has 2 heterocycles. The zero-order valence-electron chi connectivity index (χ0n) is 14.6. The molecule has 1 aromatic heterocycles. The lowest BCUT2D eigenvalue weighted by Gasteiger charge is -2.30. The van der Waals surface area contributed by atoms with Crippen LogP contribution < -0.4 is 11.1 Å².